The summed E-state index contributed by atoms with van der Waals surface area (Å²) in [7, 11) is 0. The lowest BCUT2D eigenvalue weighted by Gasteiger charge is -2.17. The number of aromatic amines is 1. The average molecular weight is 269 g/mol. The maximum absolute atomic E-state index is 12.1. The van der Waals surface area contributed by atoms with Gasteiger partial charge in [-0.1, -0.05) is 18.2 Å². The third kappa shape index (κ3) is 1.82. The first-order valence-corrected chi connectivity index (χ1v) is 6.88. The zero-order valence-corrected chi connectivity index (χ0v) is 11.0. The fourth-order valence-corrected chi connectivity index (χ4v) is 2.87. The summed E-state index contributed by atoms with van der Waals surface area (Å²) in [6.07, 6.45) is 1.31. The molecule has 1 aromatic carbocycles. The van der Waals surface area contributed by atoms with Crippen molar-refractivity contribution >= 4 is 0 Å². The molecular weight excluding hydrogens is 254 g/mol. The first-order chi connectivity index (χ1) is 9.81. The molecule has 0 fully saturated rings. The lowest BCUT2D eigenvalue weighted by atomic mass is 10.1. The van der Waals surface area contributed by atoms with Gasteiger partial charge >= 0.3 is 0 Å². The third-order valence-electron chi connectivity index (χ3n) is 3.92. The van der Waals surface area contributed by atoms with Crippen LogP contribution in [0.1, 0.15) is 28.7 Å². The Labute approximate surface area is 116 Å². The molecule has 0 amide bonds. The highest BCUT2D eigenvalue weighted by molar-refractivity contribution is 5.38. The van der Waals surface area contributed by atoms with Gasteiger partial charge in [0.1, 0.15) is 5.75 Å². The van der Waals surface area contributed by atoms with Crippen molar-refractivity contribution in [3.8, 4) is 5.75 Å². The van der Waals surface area contributed by atoms with Crippen LogP contribution in [0, 0.1) is 0 Å². The van der Waals surface area contributed by atoms with E-state index in [1.807, 2.05) is 24.3 Å². The SMILES string of the molecule is O=c1[nH]c(C2Cc3ccccc3O2)nc2c1CCNC2. The molecular formula is C15H15N3O2. The van der Waals surface area contributed by atoms with Crippen LogP contribution in [0.25, 0.3) is 0 Å². The third-order valence-corrected chi connectivity index (χ3v) is 3.92. The molecule has 2 aromatic rings. The van der Waals surface area contributed by atoms with Gasteiger partial charge in [-0.25, -0.2) is 4.98 Å². The first kappa shape index (κ1) is 11.7. The fraction of sp³-hybridized carbons (Fsp3) is 0.333. The van der Waals surface area contributed by atoms with Gasteiger partial charge < -0.3 is 15.0 Å². The lowest BCUT2D eigenvalue weighted by Crippen LogP contribution is -2.32. The number of fused-ring (bicyclic) bond motifs is 2. The van der Waals surface area contributed by atoms with Crippen molar-refractivity contribution < 1.29 is 4.74 Å². The molecule has 0 saturated heterocycles. The lowest BCUT2D eigenvalue weighted by molar-refractivity contribution is 0.226. The van der Waals surface area contributed by atoms with Crippen molar-refractivity contribution in [2.75, 3.05) is 6.54 Å². The zero-order valence-electron chi connectivity index (χ0n) is 11.0. The number of nitrogens with one attached hydrogen (secondary N) is 2. The van der Waals surface area contributed by atoms with Crippen molar-refractivity contribution in [1.82, 2.24) is 15.3 Å². The Morgan fingerprint density at radius 3 is 3.10 bits per heavy atom. The van der Waals surface area contributed by atoms with E-state index >= 15 is 0 Å². The van der Waals surface area contributed by atoms with Gasteiger partial charge in [-0.3, -0.25) is 4.79 Å². The highest BCUT2D eigenvalue weighted by Crippen LogP contribution is 2.34. The number of hydrogen-bond acceptors (Lipinski definition) is 4. The van der Waals surface area contributed by atoms with Crippen molar-refractivity contribution in [3.05, 3.63) is 57.3 Å². The van der Waals surface area contributed by atoms with E-state index in [0.717, 1.165) is 42.0 Å². The molecule has 0 spiro atoms. The van der Waals surface area contributed by atoms with Crippen LogP contribution < -0.4 is 15.6 Å². The van der Waals surface area contributed by atoms with E-state index in [-0.39, 0.29) is 11.7 Å². The molecule has 2 aliphatic rings. The molecule has 5 nitrogen and oxygen atoms in total. The number of hydrogen-bond donors (Lipinski definition) is 2. The molecule has 1 atom stereocenters. The predicted molar refractivity (Wildman–Crippen MR) is 73.8 cm³/mol. The largest absolute Gasteiger partial charge is 0.482 e. The van der Waals surface area contributed by atoms with Crippen molar-refractivity contribution in [2.24, 2.45) is 0 Å². The summed E-state index contributed by atoms with van der Waals surface area (Å²) in [5.74, 6) is 1.52. The van der Waals surface area contributed by atoms with E-state index in [1.54, 1.807) is 0 Å². The number of aromatic nitrogens is 2. The summed E-state index contributed by atoms with van der Waals surface area (Å²) in [5, 5.41) is 3.25. The second-order valence-electron chi connectivity index (χ2n) is 5.22. The van der Waals surface area contributed by atoms with E-state index in [4.69, 9.17) is 4.74 Å². The van der Waals surface area contributed by atoms with E-state index in [0.29, 0.717) is 12.4 Å². The number of ether oxygens (including phenoxy) is 1. The summed E-state index contributed by atoms with van der Waals surface area (Å²) in [6.45, 7) is 1.49. The fourth-order valence-electron chi connectivity index (χ4n) is 2.87. The normalized spacial score (nSPS) is 20.1. The number of para-hydroxylation sites is 1. The van der Waals surface area contributed by atoms with E-state index in [2.05, 4.69) is 15.3 Å². The molecule has 102 valence electrons. The molecule has 0 bridgehead atoms. The van der Waals surface area contributed by atoms with Crippen LogP contribution in [0.3, 0.4) is 0 Å². The van der Waals surface area contributed by atoms with Crippen LogP contribution in [-0.4, -0.2) is 16.5 Å². The van der Waals surface area contributed by atoms with Gasteiger partial charge in [0.25, 0.3) is 5.56 Å². The van der Waals surface area contributed by atoms with E-state index < -0.39 is 0 Å². The Morgan fingerprint density at radius 1 is 1.30 bits per heavy atom. The van der Waals surface area contributed by atoms with E-state index in [1.165, 1.54) is 0 Å². The van der Waals surface area contributed by atoms with Crippen LogP contribution >= 0.6 is 0 Å². The monoisotopic (exact) mass is 269 g/mol. The highest BCUT2D eigenvalue weighted by atomic mass is 16.5. The minimum atomic E-state index is -0.188. The second-order valence-corrected chi connectivity index (χ2v) is 5.22. The van der Waals surface area contributed by atoms with Crippen LogP contribution in [0.4, 0.5) is 0 Å². The van der Waals surface area contributed by atoms with Gasteiger partial charge in [-0.2, -0.15) is 0 Å². The minimum absolute atomic E-state index is 0.0222. The van der Waals surface area contributed by atoms with Crippen molar-refractivity contribution in [3.63, 3.8) is 0 Å². The molecule has 20 heavy (non-hydrogen) atoms. The average Bonchev–Trinajstić information content (AvgIpc) is 2.91. The second kappa shape index (κ2) is 4.45. The standard InChI is InChI=1S/C15H15N3O2/c19-15-10-5-6-16-8-11(10)17-14(18-15)13-7-9-3-1-2-4-12(9)20-13/h1-4,13,16H,5-8H2,(H,17,18,19). The molecule has 2 N–H and O–H groups in total. The van der Waals surface area contributed by atoms with E-state index in [9.17, 15) is 4.79 Å². The Hall–Kier alpha value is -2.14. The molecule has 0 radical (unpaired) electrons. The highest BCUT2D eigenvalue weighted by Gasteiger charge is 2.27. The predicted octanol–water partition coefficient (Wildman–Crippen LogP) is 1.09. The smallest absolute Gasteiger partial charge is 0.254 e. The summed E-state index contributed by atoms with van der Waals surface area (Å²) in [4.78, 5) is 19.6. The molecule has 0 saturated carbocycles. The van der Waals surface area contributed by atoms with Crippen molar-refractivity contribution in [1.29, 1.82) is 0 Å². The summed E-state index contributed by atoms with van der Waals surface area (Å²) in [6, 6.07) is 7.95. The number of benzene rings is 1. The van der Waals surface area contributed by atoms with Crippen LogP contribution in [0.5, 0.6) is 5.75 Å². The van der Waals surface area contributed by atoms with Gasteiger partial charge in [-0.05, 0) is 24.6 Å². The summed E-state index contributed by atoms with van der Waals surface area (Å²) in [5.41, 5.74) is 2.81. The summed E-state index contributed by atoms with van der Waals surface area (Å²) < 4.78 is 5.89. The molecule has 3 heterocycles. The van der Waals surface area contributed by atoms with Gasteiger partial charge in [0, 0.05) is 18.5 Å². The summed E-state index contributed by atoms with van der Waals surface area (Å²) >= 11 is 0. The quantitative estimate of drug-likeness (QED) is 0.813. The molecule has 1 aromatic heterocycles. The minimum Gasteiger partial charge on any atom is -0.482 e. The van der Waals surface area contributed by atoms with Gasteiger partial charge in [0.05, 0.1) is 5.69 Å². The topological polar surface area (TPSA) is 67.0 Å². The van der Waals surface area contributed by atoms with Crippen LogP contribution in [-0.2, 0) is 19.4 Å². The van der Waals surface area contributed by atoms with Gasteiger partial charge in [0.2, 0.25) is 0 Å². The molecule has 0 aliphatic carbocycles. The Kier molecular flexibility index (Phi) is 2.60. The molecule has 4 rings (SSSR count). The van der Waals surface area contributed by atoms with Crippen LogP contribution in [0.15, 0.2) is 29.1 Å². The van der Waals surface area contributed by atoms with Gasteiger partial charge in [-0.15, -0.1) is 0 Å². The first-order valence-electron chi connectivity index (χ1n) is 6.88. The molecule has 1 unspecified atom stereocenters. The Bertz CT molecular complexity index is 698. The molecule has 2 aliphatic heterocycles. The maximum atomic E-state index is 12.1. The number of rotatable bonds is 1. The maximum Gasteiger partial charge on any atom is 0.254 e. The number of nitrogens with zero attached hydrogens (tertiary/aromatic N) is 1. The Morgan fingerprint density at radius 2 is 2.20 bits per heavy atom. The number of H-pyrrole nitrogens is 1. The zero-order chi connectivity index (χ0) is 13.5. The van der Waals surface area contributed by atoms with Crippen molar-refractivity contribution in [2.45, 2.75) is 25.5 Å². The molecule has 5 heteroatoms. The van der Waals surface area contributed by atoms with Gasteiger partial charge in [0.15, 0.2) is 11.9 Å². The Balaban J connectivity index is 1.71. The van der Waals surface area contributed by atoms with Crippen LogP contribution in [0.2, 0.25) is 0 Å².